The minimum atomic E-state index is 0.257. The Kier molecular flexibility index (Phi) is 9.73. The second-order valence-electron chi connectivity index (χ2n) is 6.09. The summed E-state index contributed by atoms with van der Waals surface area (Å²) in [4.78, 5) is 0. The fourth-order valence-corrected chi connectivity index (χ4v) is 3.64. The number of methoxy groups -OCH3 is 1. The number of benzene rings is 2. The third-order valence-corrected chi connectivity index (χ3v) is 5.19. The molecule has 0 aliphatic heterocycles. The van der Waals surface area contributed by atoms with Crippen molar-refractivity contribution >= 4 is 39.1 Å². The van der Waals surface area contributed by atoms with Gasteiger partial charge in [-0.25, -0.2) is 0 Å². The first kappa shape index (κ1) is 22.3. The topological polar surface area (TPSA) is 50.7 Å². The molecule has 148 valence electrons. The molecule has 0 bridgehead atoms. The highest BCUT2D eigenvalue weighted by Crippen LogP contribution is 2.37. The molecular weight excluding hydrogens is 453 g/mol. The molecule has 0 radical (unpaired) electrons. The smallest absolute Gasteiger partial charge is 0.175 e. The highest BCUT2D eigenvalue weighted by atomic mass is 79.9. The lowest BCUT2D eigenvalue weighted by Crippen LogP contribution is -2.15. The second kappa shape index (κ2) is 11.8. The van der Waals surface area contributed by atoms with Gasteiger partial charge in [-0.2, -0.15) is 0 Å². The number of ether oxygens (including phenoxy) is 2. The standard InChI is InChI=1S/C20H24BrCl2NO3/c1-26-19-10-14(12-24-7-3-2-4-8-25)9-17(21)20(19)27-13-15-5-6-16(22)11-18(15)23/h5-6,9-11,24-25H,2-4,7-8,12-13H2,1H3. The number of hydrogen-bond acceptors (Lipinski definition) is 4. The van der Waals surface area contributed by atoms with Gasteiger partial charge >= 0.3 is 0 Å². The number of nitrogens with one attached hydrogen (secondary N) is 1. The zero-order valence-corrected chi connectivity index (χ0v) is 18.3. The normalized spacial score (nSPS) is 10.9. The van der Waals surface area contributed by atoms with Gasteiger partial charge in [0.1, 0.15) is 6.61 Å². The maximum Gasteiger partial charge on any atom is 0.175 e. The van der Waals surface area contributed by atoms with Crippen LogP contribution in [-0.4, -0.2) is 25.4 Å². The van der Waals surface area contributed by atoms with Crippen molar-refractivity contribution < 1.29 is 14.6 Å². The van der Waals surface area contributed by atoms with Gasteiger partial charge in [0, 0.05) is 28.8 Å². The molecule has 0 aliphatic carbocycles. The van der Waals surface area contributed by atoms with Gasteiger partial charge in [-0.15, -0.1) is 0 Å². The predicted octanol–water partition coefficient (Wildman–Crippen LogP) is 5.60. The zero-order valence-electron chi connectivity index (χ0n) is 15.2. The minimum Gasteiger partial charge on any atom is -0.493 e. The van der Waals surface area contributed by atoms with Gasteiger partial charge in [0.15, 0.2) is 11.5 Å². The van der Waals surface area contributed by atoms with Gasteiger partial charge in [-0.1, -0.05) is 29.3 Å². The summed E-state index contributed by atoms with van der Waals surface area (Å²) in [6, 6.07) is 9.31. The fourth-order valence-electron chi connectivity index (χ4n) is 2.58. The summed E-state index contributed by atoms with van der Waals surface area (Å²) in [5.74, 6) is 1.29. The Morgan fingerprint density at radius 2 is 1.93 bits per heavy atom. The van der Waals surface area contributed by atoms with Crippen molar-refractivity contribution in [2.24, 2.45) is 0 Å². The van der Waals surface area contributed by atoms with Gasteiger partial charge in [0.2, 0.25) is 0 Å². The SMILES string of the molecule is COc1cc(CNCCCCCO)cc(Br)c1OCc1ccc(Cl)cc1Cl. The van der Waals surface area contributed by atoms with Crippen molar-refractivity contribution in [2.45, 2.75) is 32.4 Å². The number of rotatable bonds is 11. The van der Waals surface area contributed by atoms with Crippen molar-refractivity contribution in [3.63, 3.8) is 0 Å². The first-order valence-electron chi connectivity index (χ1n) is 8.80. The molecule has 0 aliphatic rings. The second-order valence-corrected chi connectivity index (χ2v) is 7.79. The van der Waals surface area contributed by atoms with E-state index in [1.807, 2.05) is 18.2 Å². The molecule has 2 rings (SSSR count). The summed E-state index contributed by atoms with van der Waals surface area (Å²) < 4.78 is 12.3. The summed E-state index contributed by atoms with van der Waals surface area (Å²) in [5, 5.41) is 13.4. The van der Waals surface area contributed by atoms with Crippen LogP contribution in [0.5, 0.6) is 11.5 Å². The molecule has 0 heterocycles. The Hall–Kier alpha value is -0.980. The molecule has 2 aromatic carbocycles. The average Bonchev–Trinajstić information content (AvgIpc) is 2.64. The molecule has 0 atom stereocenters. The summed E-state index contributed by atoms with van der Waals surface area (Å²) >= 11 is 15.7. The van der Waals surface area contributed by atoms with E-state index in [9.17, 15) is 0 Å². The molecule has 0 fully saturated rings. The maximum atomic E-state index is 8.79. The van der Waals surface area contributed by atoms with Crippen molar-refractivity contribution in [1.29, 1.82) is 0 Å². The van der Waals surface area contributed by atoms with Crippen LogP contribution < -0.4 is 14.8 Å². The van der Waals surface area contributed by atoms with Crippen LogP contribution in [0.3, 0.4) is 0 Å². The van der Waals surface area contributed by atoms with E-state index in [-0.39, 0.29) is 6.61 Å². The number of halogens is 3. The highest BCUT2D eigenvalue weighted by molar-refractivity contribution is 9.10. The van der Waals surface area contributed by atoms with Crippen LogP contribution >= 0.6 is 39.1 Å². The Morgan fingerprint density at radius 1 is 1.11 bits per heavy atom. The molecular formula is C20H24BrCl2NO3. The van der Waals surface area contributed by atoms with E-state index < -0.39 is 0 Å². The van der Waals surface area contributed by atoms with Crippen LogP contribution in [0, 0.1) is 0 Å². The predicted molar refractivity (Wildman–Crippen MR) is 114 cm³/mol. The van der Waals surface area contributed by atoms with Gasteiger partial charge < -0.3 is 19.9 Å². The van der Waals surface area contributed by atoms with Crippen LogP contribution in [0.25, 0.3) is 0 Å². The van der Waals surface area contributed by atoms with E-state index in [0.717, 1.165) is 48.0 Å². The lowest BCUT2D eigenvalue weighted by atomic mass is 10.2. The summed E-state index contributed by atoms with van der Waals surface area (Å²) in [7, 11) is 1.62. The molecule has 2 N–H and O–H groups in total. The van der Waals surface area contributed by atoms with Gasteiger partial charge in [0.05, 0.1) is 11.6 Å². The number of hydrogen-bond donors (Lipinski definition) is 2. The molecule has 0 aromatic heterocycles. The van der Waals surface area contributed by atoms with Crippen LogP contribution in [-0.2, 0) is 13.2 Å². The maximum absolute atomic E-state index is 8.79. The van der Waals surface area contributed by atoms with E-state index in [1.165, 1.54) is 0 Å². The highest BCUT2D eigenvalue weighted by Gasteiger charge is 2.13. The van der Waals surface area contributed by atoms with Gasteiger partial charge in [-0.05, 0) is 71.6 Å². The van der Waals surface area contributed by atoms with Crippen molar-refractivity contribution in [2.75, 3.05) is 20.3 Å². The minimum absolute atomic E-state index is 0.257. The monoisotopic (exact) mass is 475 g/mol. The van der Waals surface area contributed by atoms with E-state index in [4.69, 9.17) is 37.8 Å². The average molecular weight is 477 g/mol. The summed E-state index contributed by atoms with van der Waals surface area (Å²) in [6.07, 6.45) is 2.92. The third kappa shape index (κ3) is 7.16. The Bertz CT molecular complexity index is 743. The number of aliphatic hydroxyl groups excluding tert-OH is 1. The number of unbranched alkanes of at least 4 members (excludes halogenated alkanes) is 2. The zero-order chi connectivity index (χ0) is 19.6. The van der Waals surface area contributed by atoms with Crippen molar-refractivity contribution in [3.05, 3.63) is 56.0 Å². The molecule has 7 heteroatoms. The fraction of sp³-hybridized carbons (Fsp3) is 0.400. The van der Waals surface area contributed by atoms with E-state index in [2.05, 4.69) is 21.2 Å². The van der Waals surface area contributed by atoms with Crippen LogP contribution in [0.2, 0.25) is 10.0 Å². The molecule has 0 unspecified atom stereocenters. The van der Waals surface area contributed by atoms with E-state index in [0.29, 0.717) is 28.2 Å². The van der Waals surface area contributed by atoms with E-state index in [1.54, 1.807) is 19.2 Å². The molecule has 27 heavy (non-hydrogen) atoms. The lowest BCUT2D eigenvalue weighted by Gasteiger charge is -2.15. The third-order valence-electron chi connectivity index (χ3n) is 4.02. The van der Waals surface area contributed by atoms with Gasteiger partial charge in [0.25, 0.3) is 0 Å². The largest absolute Gasteiger partial charge is 0.493 e. The van der Waals surface area contributed by atoms with Crippen LogP contribution in [0.1, 0.15) is 30.4 Å². The molecule has 2 aromatic rings. The number of aliphatic hydroxyl groups is 1. The Balaban J connectivity index is 1.98. The van der Waals surface area contributed by atoms with E-state index >= 15 is 0 Å². The van der Waals surface area contributed by atoms with Crippen molar-refractivity contribution in [1.82, 2.24) is 5.32 Å². The Labute approximate surface area is 178 Å². The van der Waals surface area contributed by atoms with Crippen LogP contribution in [0.15, 0.2) is 34.8 Å². The Morgan fingerprint density at radius 3 is 2.63 bits per heavy atom. The lowest BCUT2D eigenvalue weighted by molar-refractivity contribution is 0.282. The molecule has 0 spiro atoms. The quantitative estimate of drug-likeness (QED) is 0.414. The molecule has 4 nitrogen and oxygen atoms in total. The van der Waals surface area contributed by atoms with Gasteiger partial charge in [-0.3, -0.25) is 0 Å². The molecule has 0 amide bonds. The van der Waals surface area contributed by atoms with Crippen molar-refractivity contribution in [3.8, 4) is 11.5 Å². The first-order valence-corrected chi connectivity index (χ1v) is 10.3. The van der Waals surface area contributed by atoms with Crippen LogP contribution in [0.4, 0.5) is 0 Å². The summed E-state index contributed by atoms with van der Waals surface area (Å²) in [6.45, 7) is 2.21. The molecule has 0 saturated heterocycles. The summed E-state index contributed by atoms with van der Waals surface area (Å²) in [5.41, 5.74) is 1.95. The molecule has 0 saturated carbocycles. The first-order chi connectivity index (χ1) is 13.0.